The molecule has 4 atom stereocenters. The molecule has 1 saturated carbocycles. The summed E-state index contributed by atoms with van der Waals surface area (Å²) in [5, 5.41) is 18.7. The van der Waals surface area contributed by atoms with E-state index in [4.69, 9.17) is 22.6 Å². The van der Waals surface area contributed by atoms with Gasteiger partial charge in [-0.1, -0.05) is 27.7 Å². The Morgan fingerprint density at radius 3 is 2.23 bits per heavy atom. The van der Waals surface area contributed by atoms with Gasteiger partial charge in [-0.3, -0.25) is 4.85 Å². The van der Waals surface area contributed by atoms with E-state index >= 15 is 0 Å². The SMILES string of the molecule is [C-]#[N+]C(C#N)=C1CC(OCC(C)C)C(C(C#N)[N+]#[C-])CC1OCC(C)C. The van der Waals surface area contributed by atoms with Gasteiger partial charge in [-0.05, 0) is 30.3 Å². The minimum absolute atomic E-state index is 0.0340. The van der Waals surface area contributed by atoms with Crippen molar-refractivity contribution in [3.05, 3.63) is 34.1 Å². The summed E-state index contributed by atoms with van der Waals surface area (Å²) in [5.74, 6) is 0.307. The second-order valence-electron chi connectivity index (χ2n) is 7.39. The van der Waals surface area contributed by atoms with Crippen LogP contribution in [-0.4, -0.2) is 31.5 Å². The molecule has 0 spiro atoms. The van der Waals surface area contributed by atoms with Crippen LogP contribution in [0.3, 0.4) is 0 Å². The Morgan fingerprint density at radius 2 is 1.77 bits per heavy atom. The zero-order chi connectivity index (χ0) is 19.7. The summed E-state index contributed by atoms with van der Waals surface area (Å²) in [5.41, 5.74) is 0.668. The molecular formula is C20H26N4O2. The summed E-state index contributed by atoms with van der Waals surface area (Å²) < 4.78 is 12.0. The van der Waals surface area contributed by atoms with Crippen molar-refractivity contribution in [2.24, 2.45) is 17.8 Å². The first-order valence-corrected chi connectivity index (χ1v) is 8.87. The lowest BCUT2D eigenvalue weighted by molar-refractivity contribution is -0.0501. The van der Waals surface area contributed by atoms with Crippen molar-refractivity contribution >= 4 is 0 Å². The van der Waals surface area contributed by atoms with Crippen LogP contribution in [0.15, 0.2) is 11.3 Å². The van der Waals surface area contributed by atoms with E-state index in [1.807, 2.05) is 33.8 Å². The molecule has 1 aliphatic carbocycles. The average molecular weight is 354 g/mol. The number of hydrogen-bond acceptors (Lipinski definition) is 4. The van der Waals surface area contributed by atoms with Crippen LogP contribution in [0.1, 0.15) is 40.5 Å². The van der Waals surface area contributed by atoms with Gasteiger partial charge in [-0.25, -0.2) is 16.7 Å². The highest BCUT2D eigenvalue weighted by Gasteiger charge is 2.43. The maximum atomic E-state index is 9.37. The fraction of sp³-hybridized carbons (Fsp3) is 0.700. The molecule has 0 N–H and O–H groups in total. The summed E-state index contributed by atoms with van der Waals surface area (Å²) in [6.45, 7) is 23.7. The van der Waals surface area contributed by atoms with Crippen LogP contribution in [0.5, 0.6) is 0 Å². The summed E-state index contributed by atoms with van der Waals surface area (Å²) in [6.07, 6.45) is -0.0385. The highest BCUT2D eigenvalue weighted by Crippen LogP contribution is 2.38. The van der Waals surface area contributed by atoms with Crippen LogP contribution in [-0.2, 0) is 9.47 Å². The van der Waals surface area contributed by atoms with Gasteiger partial charge in [0.1, 0.15) is 0 Å². The van der Waals surface area contributed by atoms with Gasteiger partial charge in [0.2, 0.25) is 0 Å². The Balaban J connectivity index is 3.21. The monoisotopic (exact) mass is 354 g/mol. The Hall–Kier alpha value is -2.38. The van der Waals surface area contributed by atoms with E-state index in [0.717, 1.165) is 0 Å². The van der Waals surface area contributed by atoms with E-state index in [2.05, 4.69) is 15.8 Å². The average Bonchev–Trinajstić information content (AvgIpc) is 2.61. The quantitative estimate of drug-likeness (QED) is 0.512. The molecule has 0 amide bonds. The Morgan fingerprint density at radius 1 is 1.15 bits per heavy atom. The molecule has 0 aliphatic heterocycles. The lowest BCUT2D eigenvalue weighted by atomic mass is 9.77. The third kappa shape index (κ3) is 5.86. The molecule has 0 saturated heterocycles. The number of rotatable bonds is 7. The largest absolute Gasteiger partial charge is 0.377 e. The van der Waals surface area contributed by atoms with E-state index in [1.54, 1.807) is 0 Å². The number of nitrogens with zero attached hydrogens (tertiary/aromatic N) is 4. The smallest absolute Gasteiger partial charge is 0.312 e. The lowest BCUT2D eigenvalue weighted by Gasteiger charge is -2.37. The fourth-order valence-corrected chi connectivity index (χ4v) is 2.99. The first-order chi connectivity index (χ1) is 12.4. The van der Waals surface area contributed by atoms with Crippen molar-refractivity contribution in [2.75, 3.05) is 13.2 Å². The van der Waals surface area contributed by atoms with Gasteiger partial charge in [-0.2, -0.15) is 5.26 Å². The molecule has 0 aromatic carbocycles. The van der Waals surface area contributed by atoms with Gasteiger partial charge in [0.25, 0.3) is 5.70 Å². The van der Waals surface area contributed by atoms with Crippen LogP contribution in [0.4, 0.5) is 0 Å². The molecule has 0 bridgehead atoms. The van der Waals surface area contributed by atoms with Crippen molar-refractivity contribution in [2.45, 2.75) is 58.8 Å². The second-order valence-corrected chi connectivity index (χ2v) is 7.39. The molecule has 1 rings (SSSR count). The molecule has 0 radical (unpaired) electrons. The van der Waals surface area contributed by atoms with Crippen LogP contribution >= 0.6 is 0 Å². The Bertz CT molecular complexity index is 640. The predicted molar refractivity (Wildman–Crippen MR) is 97.1 cm³/mol. The summed E-state index contributed by atoms with van der Waals surface area (Å²) >= 11 is 0. The summed E-state index contributed by atoms with van der Waals surface area (Å²) in [6, 6.07) is 3.20. The van der Waals surface area contributed by atoms with Crippen LogP contribution in [0.2, 0.25) is 0 Å². The maximum Gasteiger partial charge on any atom is 0.312 e. The highest BCUT2D eigenvalue weighted by atomic mass is 16.5. The highest BCUT2D eigenvalue weighted by molar-refractivity contribution is 5.37. The Kier molecular flexibility index (Phi) is 8.81. The minimum atomic E-state index is -0.822. The third-order valence-corrected chi connectivity index (χ3v) is 4.25. The van der Waals surface area contributed by atoms with Gasteiger partial charge < -0.3 is 9.47 Å². The zero-order valence-electron chi connectivity index (χ0n) is 15.9. The topological polar surface area (TPSA) is 74.8 Å². The molecule has 0 heterocycles. The van der Waals surface area contributed by atoms with Crippen LogP contribution in [0, 0.1) is 53.6 Å². The lowest BCUT2D eigenvalue weighted by Crippen LogP contribution is -2.42. The first kappa shape index (κ1) is 21.7. The van der Waals surface area contributed by atoms with E-state index in [0.29, 0.717) is 43.5 Å². The molecule has 0 aromatic heterocycles. The molecular weight excluding hydrogens is 328 g/mol. The predicted octanol–water partition coefficient (Wildman–Crippen LogP) is 3.99. The maximum absolute atomic E-state index is 9.37. The van der Waals surface area contributed by atoms with Crippen LogP contribution < -0.4 is 0 Å². The van der Waals surface area contributed by atoms with Crippen molar-refractivity contribution in [3.63, 3.8) is 0 Å². The fourth-order valence-electron chi connectivity index (χ4n) is 2.99. The van der Waals surface area contributed by atoms with Crippen molar-refractivity contribution in [3.8, 4) is 12.1 Å². The molecule has 6 nitrogen and oxygen atoms in total. The van der Waals surface area contributed by atoms with Crippen LogP contribution in [0.25, 0.3) is 9.69 Å². The molecule has 4 unspecified atom stereocenters. The second kappa shape index (κ2) is 10.6. The van der Waals surface area contributed by atoms with Gasteiger partial charge in [0.15, 0.2) is 6.07 Å². The van der Waals surface area contributed by atoms with Gasteiger partial charge in [0.05, 0.1) is 30.8 Å². The molecule has 0 aromatic rings. The van der Waals surface area contributed by atoms with E-state index in [1.165, 1.54) is 0 Å². The van der Waals surface area contributed by atoms with Gasteiger partial charge in [-0.15, -0.1) is 0 Å². The van der Waals surface area contributed by atoms with E-state index in [9.17, 15) is 10.5 Å². The van der Waals surface area contributed by atoms with Gasteiger partial charge in [0, 0.05) is 13.2 Å². The molecule has 1 fully saturated rings. The summed E-state index contributed by atoms with van der Waals surface area (Å²) in [7, 11) is 0. The molecule has 26 heavy (non-hydrogen) atoms. The molecule has 6 heteroatoms. The zero-order valence-corrected chi connectivity index (χ0v) is 15.9. The number of allylic oxidation sites excluding steroid dienone is 1. The van der Waals surface area contributed by atoms with E-state index in [-0.39, 0.29) is 17.7 Å². The minimum Gasteiger partial charge on any atom is -0.377 e. The third-order valence-electron chi connectivity index (χ3n) is 4.25. The number of ether oxygens (including phenoxy) is 2. The number of hydrogen-bond donors (Lipinski definition) is 0. The van der Waals surface area contributed by atoms with Crippen molar-refractivity contribution < 1.29 is 9.47 Å². The van der Waals surface area contributed by atoms with Crippen molar-refractivity contribution in [1.82, 2.24) is 0 Å². The molecule has 138 valence electrons. The standard InChI is InChI=1S/C20H26N4O2/c1-13(2)11-25-19-7-16(18(10-22)24-6)20(26-12-14(3)4)8-15(19)17(9-21)23-5/h13-15,17,19-20H,7-8,11-12H2,1-4H3. The van der Waals surface area contributed by atoms with Crippen molar-refractivity contribution in [1.29, 1.82) is 10.5 Å². The van der Waals surface area contributed by atoms with E-state index < -0.39 is 12.1 Å². The van der Waals surface area contributed by atoms with Gasteiger partial charge >= 0.3 is 6.04 Å². The first-order valence-electron chi connectivity index (χ1n) is 8.87. The normalized spacial score (nSPS) is 25.7. The summed E-state index contributed by atoms with van der Waals surface area (Å²) in [4.78, 5) is 6.81. The number of nitriles is 2. The molecule has 1 aliphatic rings. The Labute approximate surface area is 156 Å².